The molecular weight excluding hydrogens is 581 g/mol. The molecule has 2 nitrogen and oxygen atoms in total. The highest BCUT2D eigenvalue weighted by Gasteiger charge is 2.19. The fraction of sp³-hybridized carbons (Fsp3) is 0. The lowest BCUT2D eigenvalue weighted by molar-refractivity contribution is 1.16. The van der Waals surface area contributed by atoms with E-state index in [1.54, 1.807) is 0 Å². The Morgan fingerprint density at radius 3 is 1.40 bits per heavy atom. The van der Waals surface area contributed by atoms with Crippen LogP contribution in [-0.2, 0) is 0 Å². The van der Waals surface area contributed by atoms with Crippen LogP contribution in [0.4, 0.5) is 0 Å². The SMILES string of the molecule is c1ccc(-c2cc3ccccc3cc2-c2cccc(-n3c4ccccc4c4cc5c6ccccc6n(-c6ccccc6)c5cc43)c2)cc1. The summed E-state index contributed by atoms with van der Waals surface area (Å²) in [6.07, 6.45) is 0. The zero-order chi connectivity index (χ0) is 31.6. The number of hydrogen-bond donors (Lipinski definition) is 0. The van der Waals surface area contributed by atoms with Gasteiger partial charge >= 0.3 is 0 Å². The monoisotopic (exact) mass is 610 g/mol. The molecule has 224 valence electrons. The molecule has 0 aliphatic heterocycles. The number of fused-ring (bicyclic) bond motifs is 7. The van der Waals surface area contributed by atoms with Gasteiger partial charge in [0.25, 0.3) is 0 Å². The van der Waals surface area contributed by atoms with Gasteiger partial charge in [0, 0.05) is 32.9 Å². The van der Waals surface area contributed by atoms with Crippen LogP contribution in [0.5, 0.6) is 0 Å². The Labute approximate surface area is 278 Å². The lowest BCUT2D eigenvalue weighted by Crippen LogP contribution is -1.96. The molecule has 0 aliphatic carbocycles. The summed E-state index contributed by atoms with van der Waals surface area (Å²) in [6, 6.07) is 66.3. The molecule has 0 amide bonds. The van der Waals surface area contributed by atoms with Crippen molar-refractivity contribution in [2.75, 3.05) is 0 Å². The van der Waals surface area contributed by atoms with Gasteiger partial charge in [-0.05, 0) is 93.7 Å². The van der Waals surface area contributed by atoms with Crippen LogP contribution in [0.3, 0.4) is 0 Å². The minimum Gasteiger partial charge on any atom is -0.309 e. The van der Waals surface area contributed by atoms with Gasteiger partial charge in [-0.25, -0.2) is 0 Å². The first-order valence-corrected chi connectivity index (χ1v) is 16.5. The standard InChI is InChI=1S/C46H30N2/c1-3-14-31(15-4-1)39-27-32-16-7-8-17-33(32)28-40(39)34-18-13-21-36(26-34)48-44-25-12-10-23-38(44)42-29-41-37-22-9-11-24-43(37)47(45(41)30-46(42)48)35-19-5-2-6-20-35/h1-30H. The van der Waals surface area contributed by atoms with Crippen molar-refractivity contribution in [1.29, 1.82) is 0 Å². The number of rotatable bonds is 4. The van der Waals surface area contributed by atoms with Gasteiger partial charge in [0.1, 0.15) is 0 Å². The predicted octanol–water partition coefficient (Wildman–Crippen LogP) is 12.4. The van der Waals surface area contributed by atoms with Crippen LogP contribution in [0.15, 0.2) is 182 Å². The Balaban J connectivity index is 1.26. The predicted molar refractivity (Wildman–Crippen MR) is 203 cm³/mol. The molecule has 0 atom stereocenters. The molecule has 48 heavy (non-hydrogen) atoms. The van der Waals surface area contributed by atoms with Crippen LogP contribution in [0.2, 0.25) is 0 Å². The Morgan fingerprint density at radius 2 is 0.750 bits per heavy atom. The molecule has 2 heterocycles. The van der Waals surface area contributed by atoms with Crippen LogP contribution in [0.1, 0.15) is 0 Å². The van der Waals surface area contributed by atoms with E-state index in [9.17, 15) is 0 Å². The maximum atomic E-state index is 2.45. The summed E-state index contributed by atoms with van der Waals surface area (Å²) in [6.45, 7) is 0. The molecule has 2 aromatic heterocycles. The van der Waals surface area contributed by atoms with E-state index in [0.29, 0.717) is 0 Å². The molecule has 10 rings (SSSR count). The Hall–Kier alpha value is -6.38. The third-order valence-electron chi connectivity index (χ3n) is 9.87. The number of nitrogens with zero attached hydrogens (tertiary/aromatic N) is 2. The smallest absolute Gasteiger partial charge is 0.0562 e. The van der Waals surface area contributed by atoms with E-state index in [4.69, 9.17) is 0 Å². The quantitative estimate of drug-likeness (QED) is 0.188. The van der Waals surface area contributed by atoms with Crippen LogP contribution >= 0.6 is 0 Å². The number of hydrogen-bond acceptors (Lipinski definition) is 0. The summed E-state index contributed by atoms with van der Waals surface area (Å²) in [5, 5.41) is 7.54. The Bertz CT molecular complexity index is 2820. The second-order valence-corrected chi connectivity index (χ2v) is 12.6. The zero-order valence-electron chi connectivity index (χ0n) is 26.2. The van der Waals surface area contributed by atoms with E-state index >= 15 is 0 Å². The minimum atomic E-state index is 1.15. The van der Waals surface area contributed by atoms with Gasteiger partial charge < -0.3 is 9.13 Å². The average molecular weight is 611 g/mol. The Morgan fingerprint density at radius 1 is 0.271 bits per heavy atom. The van der Waals surface area contributed by atoms with Crippen molar-refractivity contribution in [2.24, 2.45) is 0 Å². The molecule has 0 bridgehead atoms. The molecule has 0 saturated carbocycles. The second kappa shape index (κ2) is 10.6. The van der Waals surface area contributed by atoms with E-state index in [0.717, 1.165) is 11.4 Å². The van der Waals surface area contributed by atoms with Crippen LogP contribution in [-0.4, -0.2) is 9.13 Å². The maximum Gasteiger partial charge on any atom is 0.0562 e. The van der Waals surface area contributed by atoms with E-state index in [2.05, 4.69) is 191 Å². The van der Waals surface area contributed by atoms with Crippen LogP contribution in [0.25, 0.3) is 88.0 Å². The summed E-state index contributed by atoms with van der Waals surface area (Å²) < 4.78 is 4.85. The summed E-state index contributed by atoms with van der Waals surface area (Å²) in [5.74, 6) is 0. The molecule has 10 aromatic rings. The highest BCUT2D eigenvalue weighted by atomic mass is 15.0. The number of para-hydroxylation sites is 3. The largest absolute Gasteiger partial charge is 0.309 e. The molecule has 8 aromatic carbocycles. The lowest BCUT2D eigenvalue weighted by Gasteiger charge is -2.15. The topological polar surface area (TPSA) is 9.86 Å². The molecule has 0 aliphatic rings. The molecule has 0 radical (unpaired) electrons. The van der Waals surface area contributed by atoms with Gasteiger partial charge in [-0.2, -0.15) is 0 Å². The van der Waals surface area contributed by atoms with Crippen molar-refractivity contribution >= 4 is 54.4 Å². The summed E-state index contributed by atoms with van der Waals surface area (Å²) in [7, 11) is 0. The van der Waals surface area contributed by atoms with Gasteiger partial charge in [0.2, 0.25) is 0 Å². The third-order valence-corrected chi connectivity index (χ3v) is 9.87. The number of aromatic nitrogens is 2. The van der Waals surface area contributed by atoms with Gasteiger partial charge in [-0.3, -0.25) is 0 Å². The first-order chi connectivity index (χ1) is 23.8. The van der Waals surface area contributed by atoms with Crippen molar-refractivity contribution in [3.63, 3.8) is 0 Å². The summed E-state index contributed by atoms with van der Waals surface area (Å²) in [4.78, 5) is 0. The lowest BCUT2D eigenvalue weighted by atomic mass is 9.91. The second-order valence-electron chi connectivity index (χ2n) is 12.6. The molecule has 0 N–H and O–H groups in total. The fourth-order valence-corrected chi connectivity index (χ4v) is 7.71. The average Bonchev–Trinajstić information content (AvgIpc) is 3.66. The highest BCUT2D eigenvalue weighted by Crippen LogP contribution is 2.41. The molecule has 0 spiro atoms. The van der Waals surface area contributed by atoms with Crippen molar-refractivity contribution in [3.05, 3.63) is 182 Å². The van der Waals surface area contributed by atoms with Gasteiger partial charge in [0.05, 0.1) is 22.1 Å². The van der Waals surface area contributed by atoms with Gasteiger partial charge in [-0.1, -0.05) is 121 Å². The van der Waals surface area contributed by atoms with Crippen LogP contribution < -0.4 is 0 Å². The van der Waals surface area contributed by atoms with Gasteiger partial charge in [-0.15, -0.1) is 0 Å². The van der Waals surface area contributed by atoms with Gasteiger partial charge in [0.15, 0.2) is 0 Å². The summed E-state index contributed by atoms with van der Waals surface area (Å²) in [5.41, 5.74) is 12.0. The Kier molecular flexibility index (Phi) is 5.91. The van der Waals surface area contributed by atoms with E-state index in [1.807, 2.05) is 0 Å². The van der Waals surface area contributed by atoms with Crippen LogP contribution in [0, 0.1) is 0 Å². The summed E-state index contributed by atoms with van der Waals surface area (Å²) >= 11 is 0. The van der Waals surface area contributed by atoms with E-state index in [-0.39, 0.29) is 0 Å². The molecule has 2 heteroatoms. The number of benzene rings is 8. The normalized spacial score (nSPS) is 11.8. The fourth-order valence-electron chi connectivity index (χ4n) is 7.71. The minimum absolute atomic E-state index is 1.15. The first kappa shape index (κ1) is 26.8. The maximum absolute atomic E-state index is 2.45. The van der Waals surface area contributed by atoms with E-state index in [1.165, 1.54) is 76.6 Å². The zero-order valence-corrected chi connectivity index (χ0v) is 26.2. The van der Waals surface area contributed by atoms with Crippen molar-refractivity contribution in [1.82, 2.24) is 9.13 Å². The molecular formula is C46H30N2. The molecule has 0 saturated heterocycles. The first-order valence-electron chi connectivity index (χ1n) is 16.5. The van der Waals surface area contributed by atoms with E-state index < -0.39 is 0 Å². The molecule has 0 fully saturated rings. The van der Waals surface area contributed by atoms with Crippen molar-refractivity contribution in [3.8, 4) is 33.6 Å². The highest BCUT2D eigenvalue weighted by molar-refractivity contribution is 6.19. The third kappa shape index (κ3) is 4.06. The van der Waals surface area contributed by atoms with Crippen molar-refractivity contribution in [2.45, 2.75) is 0 Å². The molecule has 0 unspecified atom stereocenters. The van der Waals surface area contributed by atoms with Crippen molar-refractivity contribution < 1.29 is 0 Å².